The molecule has 5 heteroatoms. The first-order chi connectivity index (χ1) is 8.81. The molecule has 0 atom stereocenters. The van der Waals surface area contributed by atoms with Gasteiger partial charge in [0.2, 0.25) is 0 Å². The Morgan fingerprint density at radius 3 is 3.00 bits per heavy atom. The van der Waals surface area contributed by atoms with E-state index in [9.17, 15) is 4.79 Å². The van der Waals surface area contributed by atoms with Crippen molar-refractivity contribution in [3.63, 3.8) is 0 Å². The molecule has 2 aromatic rings. The minimum Gasteiger partial charge on any atom is -0.462 e. The second kappa shape index (κ2) is 5.86. The van der Waals surface area contributed by atoms with Gasteiger partial charge in [-0.1, -0.05) is 12.1 Å². The number of nitrogens with zero attached hydrogens (tertiary/aromatic N) is 1. The van der Waals surface area contributed by atoms with Gasteiger partial charge in [-0.2, -0.15) is 0 Å². The molecule has 1 aromatic heterocycles. The largest absolute Gasteiger partial charge is 0.462 e. The Balaban J connectivity index is 2.09. The van der Waals surface area contributed by atoms with Gasteiger partial charge in [-0.25, -0.2) is 9.78 Å². The summed E-state index contributed by atoms with van der Waals surface area (Å²) in [4.78, 5) is 18.8. The molecule has 2 rings (SSSR count). The number of H-pyrrole nitrogens is 1. The van der Waals surface area contributed by atoms with Gasteiger partial charge in [-0.3, -0.25) is 0 Å². The summed E-state index contributed by atoms with van der Waals surface area (Å²) < 4.78 is 5.00. The summed E-state index contributed by atoms with van der Waals surface area (Å²) in [5, 5.41) is 3.16. The second-order valence-electron chi connectivity index (χ2n) is 3.66. The SMILES string of the molecule is CCOC(=O)c1ccccc1NCc1ncc[nH]1. The summed E-state index contributed by atoms with van der Waals surface area (Å²) in [6.07, 6.45) is 3.45. The van der Waals surface area contributed by atoms with E-state index in [1.54, 1.807) is 25.4 Å². The van der Waals surface area contributed by atoms with E-state index in [0.29, 0.717) is 18.7 Å². The number of hydrogen-bond donors (Lipinski definition) is 2. The van der Waals surface area contributed by atoms with Crippen LogP contribution in [0, 0.1) is 0 Å². The number of hydrogen-bond acceptors (Lipinski definition) is 4. The quantitative estimate of drug-likeness (QED) is 0.792. The van der Waals surface area contributed by atoms with E-state index < -0.39 is 0 Å². The molecule has 1 heterocycles. The number of carbonyl (C=O) groups excluding carboxylic acids is 1. The smallest absolute Gasteiger partial charge is 0.340 e. The first-order valence-electron chi connectivity index (χ1n) is 5.79. The van der Waals surface area contributed by atoms with Crippen LogP contribution < -0.4 is 5.32 Å². The van der Waals surface area contributed by atoms with Crippen molar-refractivity contribution in [2.24, 2.45) is 0 Å². The highest BCUT2D eigenvalue weighted by atomic mass is 16.5. The van der Waals surface area contributed by atoms with Crippen molar-refractivity contribution in [3.05, 3.63) is 48.0 Å². The van der Waals surface area contributed by atoms with E-state index in [2.05, 4.69) is 15.3 Å². The number of nitrogens with one attached hydrogen (secondary N) is 2. The van der Waals surface area contributed by atoms with E-state index in [-0.39, 0.29) is 5.97 Å². The first kappa shape index (κ1) is 12.2. The monoisotopic (exact) mass is 245 g/mol. The Morgan fingerprint density at radius 2 is 2.28 bits per heavy atom. The van der Waals surface area contributed by atoms with Crippen LogP contribution in [-0.2, 0) is 11.3 Å². The van der Waals surface area contributed by atoms with E-state index in [1.807, 2.05) is 18.2 Å². The molecular weight excluding hydrogens is 230 g/mol. The molecule has 2 N–H and O–H groups in total. The fourth-order valence-electron chi connectivity index (χ4n) is 1.60. The lowest BCUT2D eigenvalue weighted by molar-refractivity contribution is 0.0527. The molecule has 0 bridgehead atoms. The van der Waals surface area contributed by atoms with Crippen LogP contribution in [0.1, 0.15) is 23.1 Å². The maximum atomic E-state index is 11.7. The van der Waals surface area contributed by atoms with Gasteiger partial charge in [0, 0.05) is 18.1 Å². The Labute approximate surface area is 105 Å². The molecular formula is C13H15N3O2. The molecule has 0 amide bonds. The molecule has 0 saturated carbocycles. The van der Waals surface area contributed by atoms with Gasteiger partial charge in [-0.15, -0.1) is 0 Å². The standard InChI is InChI=1S/C13H15N3O2/c1-2-18-13(17)10-5-3-4-6-11(10)16-9-12-14-7-8-15-12/h3-8,16H,2,9H2,1H3,(H,14,15). The summed E-state index contributed by atoms with van der Waals surface area (Å²) in [6.45, 7) is 2.69. The molecule has 0 unspecified atom stereocenters. The molecule has 0 saturated heterocycles. The zero-order valence-corrected chi connectivity index (χ0v) is 10.1. The third-order valence-electron chi connectivity index (χ3n) is 2.42. The van der Waals surface area contributed by atoms with Crippen LogP contribution in [0.25, 0.3) is 0 Å². The summed E-state index contributed by atoms with van der Waals surface area (Å²) in [6, 6.07) is 7.26. The van der Waals surface area contributed by atoms with Crippen molar-refractivity contribution in [3.8, 4) is 0 Å². The summed E-state index contributed by atoms with van der Waals surface area (Å²) in [5.74, 6) is 0.494. The van der Waals surface area contributed by atoms with E-state index in [0.717, 1.165) is 11.5 Å². The molecule has 0 fully saturated rings. The Kier molecular flexibility index (Phi) is 3.96. The predicted octanol–water partition coefficient (Wildman–Crippen LogP) is 2.20. The summed E-state index contributed by atoms with van der Waals surface area (Å²) in [5.41, 5.74) is 1.28. The first-order valence-corrected chi connectivity index (χ1v) is 5.79. The minimum atomic E-state index is -0.319. The van der Waals surface area contributed by atoms with E-state index in [4.69, 9.17) is 4.74 Å². The molecule has 18 heavy (non-hydrogen) atoms. The maximum Gasteiger partial charge on any atom is 0.340 e. The lowest BCUT2D eigenvalue weighted by atomic mass is 10.2. The number of esters is 1. The van der Waals surface area contributed by atoms with Crippen molar-refractivity contribution in [1.29, 1.82) is 0 Å². The number of imidazole rings is 1. The van der Waals surface area contributed by atoms with Crippen LogP contribution in [0.5, 0.6) is 0 Å². The normalized spacial score (nSPS) is 10.1. The van der Waals surface area contributed by atoms with Crippen LogP contribution in [0.2, 0.25) is 0 Å². The van der Waals surface area contributed by atoms with Gasteiger partial charge >= 0.3 is 5.97 Å². The number of anilines is 1. The van der Waals surface area contributed by atoms with Crippen molar-refractivity contribution in [1.82, 2.24) is 9.97 Å². The topological polar surface area (TPSA) is 67.0 Å². The molecule has 1 aromatic carbocycles. The number of aromatic nitrogens is 2. The van der Waals surface area contributed by atoms with Crippen LogP contribution in [0.4, 0.5) is 5.69 Å². The van der Waals surface area contributed by atoms with Crippen molar-refractivity contribution in [2.75, 3.05) is 11.9 Å². The lowest BCUT2D eigenvalue weighted by Gasteiger charge is -2.10. The third-order valence-corrected chi connectivity index (χ3v) is 2.42. The highest BCUT2D eigenvalue weighted by Crippen LogP contribution is 2.16. The Morgan fingerprint density at radius 1 is 1.44 bits per heavy atom. The lowest BCUT2D eigenvalue weighted by Crippen LogP contribution is -2.10. The number of para-hydroxylation sites is 1. The van der Waals surface area contributed by atoms with Gasteiger partial charge in [0.05, 0.1) is 18.7 Å². The second-order valence-corrected chi connectivity index (χ2v) is 3.66. The molecule has 0 radical (unpaired) electrons. The summed E-state index contributed by atoms with van der Waals surface area (Å²) >= 11 is 0. The van der Waals surface area contributed by atoms with Gasteiger partial charge < -0.3 is 15.0 Å². The van der Waals surface area contributed by atoms with E-state index >= 15 is 0 Å². The van der Waals surface area contributed by atoms with Crippen LogP contribution in [0.3, 0.4) is 0 Å². The predicted molar refractivity (Wildman–Crippen MR) is 68.3 cm³/mol. The van der Waals surface area contributed by atoms with Crippen molar-refractivity contribution >= 4 is 11.7 Å². The highest BCUT2D eigenvalue weighted by Gasteiger charge is 2.11. The van der Waals surface area contributed by atoms with Crippen molar-refractivity contribution in [2.45, 2.75) is 13.5 Å². The molecule has 0 aliphatic rings. The number of ether oxygens (including phenoxy) is 1. The molecule has 0 spiro atoms. The highest BCUT2D eigenvalue weighted by molar-refractivity contribution is 5.95. The molecule has 0 aliphatic carbocycles. The van der Waals surface area contributed by atoms with Gasteiger partial charge in [0.15, 0.2) is 0 Å². The summed E-state index contributed by atoms with van der Waals surface area (Å²) in [7, 11) is 0. The molecule has 5 nitrogen and oxygen atoms in total. The fourth-order valence-corrected chi connectivity index (χ4v) is 1.60. The van der Waals surface area contributed by atoms with Gasteiger partial charge in [0.1, 0.15) is 5.82 Å². The third kappa shape index (κ3) is 2.88. The molecule has 0 aliphatic heterocycles. The molecule has 94 valence electrons. The minimum absolute atomic E-state index is 0.319. The number of benzene rings is 1. The fraction of sp³-hybridized carbons (Fsp3) is 0.231. The number of carbonyl (C=O) groups is 1. The van der Waals surface area contributed by atoms with E-state index in [1.165, 1.54) is 0 Å². The Bertz CT molecular complexity index is 509. The zero-order valence-electron chi connectivity index (χ0n) is 10.1. The number of aromatic amines is 1. The van der Waals surface area contributed by atoms with Crippen LogP contribution in [0.15, 0.2) is 36.7 Å². The Hall–Kier alpha value is -2.30. The van der Waals surface area contributed by atoms with Crippen molar-refractivity contribution < 1.29 is 9.53 Å². The van der Waals surface area contributed by atoms with Crippen LogP contribution >= 0.6 is 0 Å². The van der Waals surface area contributed by atoms with Crippen LogP contribution in [-0.4, -0.2) is 22.5 Å². The average molecular weight is 245 g/mol. The average Bonchev–Trinajstić information content (AvgIpc) is 2.90. The van der Waals surface area contributed by atoms with Gasteiger partial charge in [0.25, 0.3) is 0 Å². The number of rotatable bonds is 5. The zero-order chi connectivity index (χ0) is 12.8. The maximum absolute atomic E-state index is 11.7. The van der Waals surface area contributed by atoms with Gasteiger partial charge in [-0.05, 0) is 19.1 Å².